The summed E-state index contributed by atoms with van der Waals surface area (Å²) < 4.78 is 0. The Kier molecular flexibility index (Phi) is 12.9. The third-order valence-electron chi connectivity index (χ3n) is 0.776. The Hall–Kier alpha value is 1.46. The summed E-state index contributed by atoms with van der Waals surface area (Å²) in [6.07, 6.45) is 0.930. The molecule has 0 aromatic carbocycles. The Balaban J connectivity index is 0. The number of hydrogen-bond acceptors (Lipinski definition) is 0. The fourth-order valence-corrected chi connectivity index (χ4v) is 0.667. The van der Waals surface area contributed by atoms with E-state index < -0.39 is 0 Å². The molecule has 0 aromatic rings. The minimum atomic E-state index is -0.153. The number of alkyl halides is 2. The summed E-state index contributed by atoms with van der Waals surface area (Å²) >= 11 is 10.8. The third kappa shape index (κ3) is 10.4. The molecule has 0 aliphatic rings. The Labute approximate surface area is 77.2 Å². The van der Waals surface area contributed by atoms with Crippen molar-refractivity contribution >= 4 is 45.2 Å². The second-order valence-corrected chi connectivity index (χ2v) is 2.81. The molecule has 0 nitrogen and oxygen atoms in total. The molecular weight excluding hydrogens is 322 g/mol. The van der Waals surface area contributed by atoms with Gasteiger partial charge in [-0.3, -0.25) is 0 Å². The van der Waals surface area contributed by atoms with E-state index in [1.807, 2.05) is 0 Å². The van der Waals surface area contributed by atoms with Gasteiger partial charge in [-0.1, -0.05) is 6.32 Å². The molecule has 0 aromatic heterocycles. The normalized spacial score (nSPS) is 7.88. The van der Waals surface area contributed by atoms with E-state index in [-0.39, 0.29) is 25.9 Å². The maximum atomic E-state index is 5.42. The monoisotopic (exact) mass is 329 g/mol. The second-order valence-electron chi connectivity index (χ2n) is 1.53. The molecule has 0 atom stereocenters. The first-order chi connectivity index (χ1) is 3.27. The van der Waals surface area contributed by atoms with Gasteiger partial charge in [0.05, 0.1) is 22.0 Å². The van der Waals surface area contributed by atoms with E-state index in [2.05, 4.69) is 7.74 Å². The summed E-state index contributed by atoms with van der Waals surface area (Å²) in [5, 5.41) is 0. The predicted octanol–water partition coefficient (Wildman–Crippen LogP) is -0.458. The van der Waals surface area contributed by atoms with E-state index >= 15 is 0 Å². The van der Waals surface area contributed by atoms with Gasteiger partial charge in [0.2, 0.25) is 0 Å². The van der Waals surface area contributed by atoms with Crippen LogP contribution in [0.15, 0.2) is 0 Å². The molecule has 0 aliphatic carbocycles. The van der Waals surface area contributed by atoms with Gasteiger partial charge in [0.15, 0.2) is 0 Å². The van der Waals surface area contributed by atoms with Gasteiger partial charge in [-0.25, -0.2) is 0 Å². The maximum Gasteiger partial charge on any atom is 0.100 e. The number of halogens is 2. The molecule has 0 saturated heterocycles. The SMILES string of the molecule is BBBCC(Cl)Cl.[Pt]. The van der Waals surface area contributed by atoms with Crippen LogP contribution in [0.2, 0.25) is 6.32 Å². The van der Waals surface area contributed by atoms with Crippen LogP contribution in [0.25, 0.3) is 0 Å². The largest absolute Gasteiger partial charge is 0.106 e. The van der Waals surface area contributed by atoms with Crippen LogP contribution in [0, 0.1) is 0 Å². The van der Waals surface area contributed by atoms with E-state index in [1.165, 1.54) is 7.06 Å². The maximum absolute atomic E-state index is 5.42. The van der Waals surface area contributed by atoms with E-state index in [0.29, 0.717) is 0 Å². The van der Waals surface area contributed by atoms with Gasteiger partial charge in [-0.15, -0.1) is 23.2 Å². The standard InChI is InChI=1S/C2H7B3Cl2.Pt/c3-5-4-1-2(6)7;/h2,4-5H,1,3H2;. The summed E-state index contributed by atoms with van der Waals surface area (Å²) in [5.74, 6) is 0. The first kappa shape index (κ1) is 12.2. The van der Waals surface area contributed by atoms with Crippen molar-refractivity contribution in [2.45, 2.75) is 11.2 Å². The van der Waals surface area contributed by atoms with Crippen LogP contribution in [0.1, 0.15) is 0 Å². The number of hydrogen-bond donors (Lipinski definition) is 0. The Morgan fingerprint density at radius 1 is 1.50 bits per heavy atom. The van der Waals surface area contributed by atoms with Gasteiger partial charge in [0.1, 0.15) is 4.84 Å². The smallest absolute Gasteiger partial charge is 0.100 e. The van der Waals surface area contributed by atoms with Gasteiger partial charge in [0, 0.05) is 21.1 Å². The van der Waals surface area contributed by atoms with Crippen LogP contribution in [-0.4, -0.2) is 26.8 Å². The van der Waals surface area contributed by atoms with Crippen molar-refractivity contribution in [3.8, 4) is 0 Å². The fraction of sp³-hybridized carbons (Fsp3) is 1.00. The third-order valence-corrected chi connectivity index (χ3v) is 1.21. The Morgan fingerprint density at radius 2 is 2.00 bits per heavy atom. The van der Waals surface area contributed by atoms with Crippen LogP contribution in [0.4, 0.5) is 0 Å². The van der Waals surface area contributed by atoms with Gasteiger partial charge in [0.25, 0.3) is 0 Å². The molecule has 0 heterocycles. The number of rotatable bonds is 3. The van der Waals surface area contributed by atoms with Crippen LogP contribution in [0.5, 0.6) is 0 Å². The first-order valence-electron chi connectivity index (χ1n) is 2.55. The van der Waals surface area contributed by atoms with Crippen molar-refractivity contribution in [2.75, 3.05) is 0 Å². The minimum absolute atomic E-state index is 0. The Morgan fingerprint density at radius 3 is 2.12 bits per heavy atom. The molecule has 0 bridgehead atoms. The molecule has 0 radical (unpaired) electrons. The van der Waals surface area contributed by atoms with E-state index in [4.69, 9.17) is 23.2 Å². The first-order valence-corrected chi connectivity index (χ1v) is 3.42. The van der Waals surface area contributed by atoms with Crippen LogP contribution in [-0.2, 0) is 21.1 Å². The Bertz CT molecular complexity index is 44.3. The topological polar surface area (TPSA) is 0 Å². The zero-order valence-electron chi connectivity index (χ0n) is 4.77. The van der Waals surface area contributed by atoms with Crippen LogP contribution >= 0.6 is 23.2 Å². The van der Waals surface area contributed by atoms with Gasteiger partial charge >= 0.3 is 0 Å². The van der Waals surface area contributed by atoms with Gasteiger partial charge in [-0.2, -0.15) is 0 Å². The summed E-state index contributed by atoms with van der Waals surface area (Å²) in [6.45, 7) is 0. The minimum Gasteiger partial charge on any atom is -0.106 e. The van der Waals surface area contributed by atoms with Crippen molar-refractivity contribution < 1.29 is 21.1 Å². The van der Waals surface area contributed by atoms with Crippen molar-refractivity contribution in [1.29, 1.82) is 0 Å². The van der Waals surface area contributed by atoms with Gasteiger partial charge < -0.3 is 0 Å². The molecule has 0 unspecified atom stereocenters. The molecule has 0 fully saturated rings. The zero-order chi connectivity index (χ0) is 5.70. The molecule has 6 heteroatoms. The molecular formula is C2H7B3Cl2Pt. The van der Waals surface area contributed by atoms with Crippen molar-refractivity contribution in [2.24, 2.45) is 0 Å². The average molecular weight is 329 g/mol. The van der Waals surface area contributed by atoms with Crippen molar-refractivity contribution in [3.63, 3.8) is 0 Å². The van der Waals surface area contributed by atoms with E-state index in [0.717, 1.165) is 13.5 Å². The summed E-state index contributed by atoms with van der Waals surface area (Å²) in [7, 11) is 4.43. The second kappa shape index (κ2) is 8.46. The molecule has 0 N–H and O–H groups in total. The summed E-state index contributed by atoms with van der Waals surface area (Å²) in [5.41, 5.74) is 0. The molecule has 8 heavy (non-hydrogen) atoms. The van der Waals surface area contributed by atoms with Gasteiger partial charge in [-0.05, 0) is 0 Å². The quantitative estimate of drug-likeness (QED) is 0.486. The predicted molar refractivity (Wildman–Crippen MR) is 43.1 cm³/mol. The van der Waals surface area contributed by atoms with Crippen molar-refractivity contribution in [1.82, 2.24) is 0 Å². The van der Waals surface area contributed by atoms with E-state index in [1.54, 1.807) is 0 Å². The van der Waals surface area contributed by atoms with Crippen LogP contribution < -0.4 is 0 Å². The van der Waals surface area contributed by atoms with Crippen LogP contribution in [0.3, 0.4) is 0 Å². The van der Waals surface area contributed by atoms with E-state index in [9.17, 15) is 0 Å². The average Bonchev–Trinajstić information content (AvgIpc) is 1.61. The molecule has 0 rings (SSSR count). The molecule has 0 spiro atoms. The fourth-order valence-electron chi connectivity index (χ4n) is 0.358. The zero-order valence-corrected chi connectivity index (χ0v) is 8.55. The molecule has 0 amide bonds. The van der Waals surface area contributed by atoms with Crippen molar-refractivity contribution in [3.05, 3.63) is 0 Å². The molecule has 0 aliphatic heterocycles. The molecule has 48 valence electrons. The summed E-state index contributed by atoms with van der Waals surface area (Å²) in [6, 6.07) is 0. The molecule has 0 saturated carbocycles. The summed E-state index contributed by atoms with van der Waals surface area (Å²) in [4.78, 5) is -0.153.